The Labute approximate surface area is 129 Å². The van der Waals surface area contributed by atoms with Crippen molar-refractivity contribution in [2.24, 2.45) is 0 Å². The maximum absolute atomic E-state index is 11.8. The van der Waals surface area contributed by atoms with Gasteiger partial charge in [-0.2, -0.15) is 11.8 Å². The molecule has 1 saturated heterocycles. The summed E-state index contributed by atoms with van der Waals surface area (Å²) in [5, 5.41) is 14.4. The Balaban J connectivity index is 2.31. The van der Waals surface area contributed by atoms with Gasteiger partial charge in [-0.25, -0.2) is 9.59 Å². The van der Waals surface area contributed by atoms with Gasteiger partial charge in [-0.15, -0.1) is 0 Å². The number of amides is 2. The molecule has 21 heavy (non-hydrogen) atoms. The summed E-state index contributed by atoms with van der Waals surface area (Å²) < 4.78 is 5.27. The third-order valence-corrected chi connectivity index (χ3v) is 3.87. The van der Waals surface area contributed by atoms with Crippen molar-refractivity contribution in [1.29, 1.82) is 0 Å². The van der Waals surface area contributed by atoms with Crippen molar-refractivity contribution in [2.45, 2.75) is 25.4 Å². The second kappa shape index (κ2) is 9.86. The first-order valence-corrected chi connectivity index (χ1v) is 8.51. The molecule has 0 aromatic heterocycles. The van der Waals surface area contributed by atoms with Crippen molar-refractivity contribution in [2.75, 3.05) is 44.9 Å². The lowest BCUT2D eigenvalue weighted by molar-refractivity contribution is -0.139. The Kier molecular flexibility index (Phi) is 8.48. The highest BCUT2D eigenvalue weighted by Gasteiger charge is 2.21. The Bertz CT molecular complexity index is 337. The number of nitrogens with one attached hydrogen (secondary N) is 2. The number of carboxylic acid groups (broad SMARTS) is 1. The SMILES string of the molecule is CSCC[C@@H](NC(=O)NC(C)CN1CCOCC1)C(=O)O. The van der Waals surface area contributed by atoms with Crippen LogP contribution in [0.2, 0.25) is 0 Å². The van der Waals surface area contributed by atoms with Crippen molar-refractivity contribution in [3.05, 3.63) is 0 Å². The van der Waals surface area contributed by atoms with Crippen LogP contribution in [0.4, 0.5) is 4.79 Å². The molecule has 0 spiro atoms. The molecule has 1 fully saturated rings. The van der Waals surface area contributed by atoms with Crippen molar-refractivity contribution >= 4 is 23.8 Å². The van der Waals surface area contributed by atoms with E-state index in [1.165, 1.54) is 0 Å². The Morgan fingerprint density at radius 3 is 2.57 bits per heavy atom. The molecule has 7 nitrogen and oxygen atoms in total. The minimum atomic E-state index is -1.000. The van der Waals surface area contributed by atoms with Gasteiger partial charge in [0, 0.05) is 25.7 Å². The summed E-state index contributed by atoms with van der Waals surface area (Å²) in [5.41, 5.74) is 0. The number of urea groups is 1. The summed E-state index contributed by atoms with van der Waals surface area (Å²) in [6.45, 7) is 5.80. The fourth-order valence-corrected chi connectivity index (χ4v) is 2.60. The molecule has 122 valence electrons. The lowest BCUT2D eigenvalue weighted by atomic mass is 10.2. The zero-order valence-corrected chi connectivity index (χ0v) is 13.4. The van der Waals surface area contributed by atoms with Gasteiger partial charge in [0.1, 0.15) is 6.04 Å². The third-order valence-electron chi connectivity index (χ3n) is 3.23. The fraction of sp³-hybridized carbons (Fsp3) is 0.846. The van der Waals surface area contributed by atoms with Crippen molar-refractivity contribution in [1.82, 2.24) is 15.5 Å². The lowest BCUT2D eigenvalue weighted by Gasteiger charge is -2.29. The molecular weight excluding hydrogens is 294 g/mol. The van der Waals surface area contributed by atoms with Crippen LogP contribution in [-0.4, -0.2) is 78.9 Å². The van der Waals surface area contributed by atoms with Crippen LogP contribution >= 0.6 is 11.8 Å². The molecule has 2 amide bonds. The number of morpholine rings is 1. The zero-order valence-electron chi connectivity index (χ0n) is 12.6. The van der Waals surface area contributed by atoms with Crippen LogP contribution in [0.1, 0.15) is 13.3 Å². The molecular formula is C13H25N3O4S. The number of aliphatic carboxylic acids is 1. The predicted molar refractivity (Wildman–Crippen MR) is 82.8 cm³/mol. The third kappa shape index (κ3) is 7.54. The quantitative estimate of drug-likeness (QED) is 0.593. The number of hydrogen-bond donors (Lipinski definition) is 3. The van der Waals surface area contributed by atoms with Crippen LogP contribution in [-0.2, 0) is 9.53 Å². The van der Waals surface area contributed by atoms with Gasteiger partial charge in [0.2, 0.25) is 0 Å². The second-order valence-corrected chi connectivity index (χ2v) is 6.09. The van der Waals surface area contributed by atoms with Crippen molar-refractivity contribution < 1.29 is 19.4 Å². The van der Waals surface area contributed by atoms with E-state index in [1.807, 2.05) is 13.2 Å². The number of ether oxygens (including phenoxy) is 1. The number of nitrogens with zero attached hydrogens (tertiary/aromatic N) is 1. The van der Waals surface area contributed by atoms with E-state index in [1.54, 1.807) is 11.8 Å². The number of carbonyl (C=O) groups excluding carboxylic acids is 1. The number of hydrogen-bond acceptors (Lipinski definition) is 5. The number of carbonyl (C=O) groups is 2. The highest BCUT2D eigenvalue weighted by molar-refractivity contribution is 7.98. The molecule has 2 atom stereocenters. The van der Waals surface area contributed by atoms with Crippen LogP contribution in [0.25, 0.3) is 0 Å². The van der Waals surface area contributed by atoms with Gasteiger partial charge in [0.25, 0.3) is 0 Å². The summed E-state index contributed by atoms with van der Waals surface area (Å²) >= 11 is 1.56. The monoisotopic (exact) mass is 319 g/mol. The standard InChI is InChI=1S/C13H25N3O4S/c1-10(9-16-4-6-20-7-5-16)14-13(19)15-11(12(17)18)3-8-21-2/h10-11H,3-9H2,1-2H3,(H,17,18)(H2,14,15,19)/t10?,11-/m1/s1. The van der Waals surface area contributed by atoms with Crippen LogP contribution in [0.15, 0.2) is 0 Å². The Morgan fingerprint density at radius 2 is 2.00 bits per heavy atom. The zero-order chi connectivity index (χ0) is 15.7. The van der Waals surface area contributed by atoms with Gasteiger partial charge >= 0.3 is 12.0 Å². The molecule has 1 heterocycles. The molecule has 0 aromatic rings. The molecule has 0 aliphatic carbocycles. The highest BCUT2D eigenvalue weighted by atomic mass is 32.2. The molecule has 1 rings (SSSR count). The summed E-state index contributed by atoms with van der Waals surface area (Å²) in [7, 11) is 0. The van der Waals surface area contributed by atoms with E-state index in [-0.39, 0.29) is 6.04 Å². The molecule has 0 aromatic carbocycles. The predicted octanol–water partition coefficient (Wildman–Crippen LogP) is 0.213. The molecule has 1 aliphatic heterocycles. The first-order chi connectivity index (χ1) is 10.0. The summed E-state index contributed by atoms with van der Waals surface area (Å²) in [5.74, 6) is -0.305. The van der Waals surface area contributed by atoms with Crippen molar-refractivity contribution in [3.8, 4) is 0 Å². The number of rotatable bonds is 8. The average Bonchev–Trinajstić information content (AvgIpc) is 2.44. The van der Waals surface area contributed by atoms with Gasteiger partial charge in [-0.1, -0.05) is 0 Å². The second-order valence-electron chi connectivity index (χ2n) is 5.10. The van der Waals surface area contributed by atoms with Gasteiger partial charge < -0.3 is 20.5 Å². The largest absolute Gasteiger partial charge is 0.480 e. The van der Waals surface area contributed by atoms with Crippen LogP contribution in [0.5, 0.6) is 0 Å². The van der Waals surface area contributed by atoms with E-state index in [9.17, 15) is 9.59 Å². The minimum absolute atomic E-state index is 0.0434. The summed E-state index contributed by atoms with van der Waals surface area (Å²) in [6, 6.07) is -1.31. The molecule has 8 heteroatoms. The van der Waals surface area contributed by atoms with Crippen LogP contribution < -0.4 is 10.6 Å². The smallest absolute Gasteiger partial charge is 0.326 e. The van der Waals surface area contributed by atoms with E-state index in [0.29, 0.717) is 25.4 Å². The fourth-order valence-electron chi connectivity index (χ4n) is 2.13. The van der Waals surface area contributed by atoms with Gasteiger partial charge in [0.15, 0.2) is 0 Å². The molecule has 0 bridgehead atoms. The minimum Gasteiger partial charge on any atom is -0.480 e. The normalized spacial score (nSPS) is 18.8. The highest BCUT2D eigenvalue weighted by Crippen LogP contribution is 2.02. The van der Waals surface area contributed by atoms with E-state index in [2.05, 4.69) is 15.5 Å². The summed E-state index contributed by atoms with van der Waals surface area (Å²) in [6.07, 6.45) is 2.32. The van der Waals surface area contributed by atoms with Crippen LogP contribution in [0.3, 0.4) is 0 Å². The number of thioether (sulfide) groups is 1. The maximum atomic E-state index is 11.8. The summed E-state index contributed by atoms with van der Waals surface area (Å²) in [4.78, 5) is 25.1. The maximum Gasteiger partial charge on any atom is 0.326 e. The van der Waals surface area contributed by atoms with Crippen LogP contribution in [0, 0.1) is 0 Å². The van der Waals surface area contributed by atoms with Crippen molar-refractivity contribution in [3.63, 3.8) is 0 Å². The lowest BCUT2D eigenvalue weighted by Crippen LogP contribution is -2.52. The van der Waals surface area contributed by atoms with E-state index in [0.717, 1.165) is 19.6 Å². The molecule has 3 N–H and O–H groups in total. The average molecular weight is 319 g/mol. The Hall–Kier alpha value is -0.990. The first-order valence-electron chi connectivity index (χ1n) is 7.11. The van der Waals surface area contributed by atoms with E-state index >= 15 is 0 Å². The first kappa shape index (κ1) is 18.1. The molecule has 1 unspecified atom stereocenters. The van der Waals surface area contributed by atoms with Gasteiger partial charge in [-0.3, -0.25) is 4.90 Å². The number of carboxylic acids is 1. The van der Waals surface area contributed by atoms with E-state index < -0.39 is 18.0 Å². The Morgan fingerprint density at radius 1 is 1.33 bits per heavy atom. The molecule has 0 saturated carbocycles. The van der Waals surface area contributed by atoms with Gasteiger partial charge in [-0.05, 0) is 25.4 Å². The topological polar surface area (TPSA) is 90.9 Å². The van der Waals surface area contributed by atoms with E-state index in [4.69, 9.17) is 9.84 Å². The molecule has 1 aliphatic rings. The molecule has 0 radical (unpaired) electrons. The van der Waals surface area contributed by atoms with Gasteiger partial charge in [0.05, 0.1) is 13.2 Å².